The minimum Gasteiger partial charge on any atom is -0.0625 e. The van der Waals surface area contributed by atoms with Gasteiger partial charge in [-0.3, -0.25) is 0 Å². The Morgan fingerprint density at radius 2 is 0.714 bits per heavy atom. The van der Waals surface area contributed by atoms with Gasteiger partial charge in [-0.1, -0.05) is 103 Å². The molecule has 3 rings (SSSR count). The fraction of sp³-hybridized carbons (Fsp3) is 1.00. The zero-order valence-corrected chi connectivity index (χ0v) is 14.8. The molecule has 124 valence electrons. The number of hydrogen-bond acceptors (Lipinski definition) is 0. The van der Waals surface area contributed by atoms with E-state index in [-0.39, 0.29) is 0 Å². The van der Waals surface area contributed by atoms with E-state index in [1.165, 1.54) is 83.5 Å². The van der Waals surface area contributed by atoms with Gasteiger partial charge in [0.1, 0.15) is 0 Å². The summed E-state index contributed by atoms with van der Waals surface area (Å²) in [5, 5.41) is 0. The van der Waals surface area contributed by atoms with E-state index in [2.05, 4.69) is 6.92 Å². The zero-order valence-electron chi connectivity index (χ0n) is 14.8. The van der Waals surface area contributed by atoms with Crippen LogP contribution < -0.4 is 0 Å². The predicted molar refractivity (Wildman–Crippen MR) is 94.6 cm³/mol. The monoisotopic (exact) mass is 292 g/mol. The van der Waals surface area contributed by atoms with Crippen LogP contribution in [-0.2, 0) is 0 Å². The average Bonchev–Trinajstić information content (AvgIpc) is 2.46. The lowest BCUT2D eigenvalue weighted by Gasteiger charge is -2.37. The van der Waals surface area contributed by atoms with E-state index in [1.54, 1.807) is 25.7 Å². The zero-order chi connectivity index (χ0) is 14.8. The van der Waals surface area contributed by atoms with Gasteiger partial charge in [0.05, 0.1) is 0 Å². The third-order valence-electron chi connectivity index (χ3n) is 6.38. The quantitative estimate of drug-likeness (QED) is 0.469. The molecule has 0 N–H and O–H groups in total. The van der Waals surface area contributed by atoms with Gasteiger partial charge in [0, 0.05) is 0 Å². The van der Waals surface area contributed by atoms with Crippen molar-refractivity contribution < 1.29 is 0 Å². The summed E-state index contributed by atoms with van der Waals surface area (Å²) in [5.41, 5.74) is 0. The molecular formula is C21H40. The van der Waals surface area contributed by atoms with Crippen LogP contribution in [0.15, 0.2) is 0 Å². The van der Waals surface area contributed by atoms with Crippen LogP contribution in [0.2, 0.25) is 0 Å². The van der Waals surface area contributed by atoms with Crippen LogP contribution >= 0.6 is 0 Å². The summed E-state index contributed by atoms with van der Waals surface area (Å²) in [6, 6.07) is 0. The van der Waals surface area contributed by atoms with Crippen molar-refractivity contribution >= 4 is 0 Å². The van der Waals surface area contributed by atoms with Gasteiger partial charge in [0.25, 0.3) is 0 Å². The Morgan fingerprint density at radius 3 is 1.00 bits per heavy atom. The van der Waals surface area contributed by atoms with Gasteiger partial charge in [0.2, 0.25) is 0 Å². The first-order chi connectivity index (χ1) is 10.4. The van der Waals surface area contributed by atoms with E-state index in [4.69, 9.17) is 0 Å². The highest BCUT2D eigenvalue weighted by atomic mass is 14.3. The average molecular weight is 293 g/mol. The molecule has 3 aliphatic rings. The lowest BCUT2D eigenvalue weighted by molar-refractivity contribution is 0.143. The Labute approximate surface area is 134 Å². The van der Waals surface area contributed by atoms with Crippen molar-refractivity contribution in [3.8, 4) is 0 Å². The third-order valence-corrected chi connectivity index (χ3v) is 6.38. The molecule has 3 saturated carbocycles. The molecule has 0 heteroatoms. The molecule has 0 unspecified atom stereocenters. The fourth-order valence-electron chi connectivity index (χ4n) is 4.44. The minimum absolute atomic E-state index is 1.03. The first-order valence-corrected chi connectivity index (χ1v) is 10.4. The molecule has 0 aromatic rings. The molecule has 0 radical (unpaired) electrons. The van der Waals surface area contributed by atoms with Crippen LogP contribution in [0, 0.1) is 17.8 Å². The van der Waals surface area contributed by atoms with Crippen LogP contribution in [0.5, 0.6) is 0 Å². The van der Waals surface area contributed by atoms with E-state index in [1.807, 2.05) is 0 Å². The highest BCUT2D eigenvalue weighted by molar-refractivity contribution is 4.81. The third kappa shape index (κ3) is 7.20. The fourth-order valence-corrected chi connectivity index (χ4v) is 4.44. The van der Waals surface area contributed by atoms with Crippen LogP contribution in [-0.4, -0.2) is 0 Å². The predicted octanol–water partition coefficient (Wildman–Crippen LogP) is 7.51. The topological polar surface area (TPSA) is 0 Å². The van der Waals surface area contributed by atoms with Crippen LogP contribution in [0.25, 0.3) is 0 Å². The SMILES string of the molecule is C1CCCCCCCCC1.CC1CCC(C2CCC2)CC1. The van der Waals surface area contributed by atoms with Crippen molar-refractivity contribution in [1.29, 1.82) is 0 Å². The first kappa shape index (κ1) is 17.4. The molecule has 0 atom stereocenters. The molecule has 0 spiro atoms. The normalized spacial score (nSPS) is 32.4. The first-order valence-electron chi connectivity index (χ1n) is 10.4. The Bertz CT molecular complexity index is 199. The van der Waals surface area contributed by atoms with Gasteiger partial charge < -0.3 is 0 Å². The molecule has 0 aromatic heterocycles. The van der Waals surface area contributed by atoms with Gasteiger partial charge in [-0.15, -0.1) is 0 Å². The Hall–Kier alpha value is 0. The van der Waals surface area contributed by atoms with E-state index in [0.29, 0.717) is 0 Å². The summed E-state index contributed by atoms with van der Waals surface area (Å²) >= 11 is 0. The molecule has 0 bridgehead atoms. The molecule has 3 aliphatic carbocycles. The van der Waals surface area contributed by atoms with Crippen LogP contribution in [0.4, 0.5) is 0 Å². The molecule has 0 nitrogen and oxygen atoms in total. The smallest absolute Gasteiger partial charge is 0.0386 e. The molecule has 0 heterocycles. The molecule has 21 heavy (non-hydrogen) atoms. The van der Waals surface area contributed by atoms with E-state index in [0.717, 1.165) is 17.8 Å². The number of hydrogen-bond donors (Lipinski definition) is 0. The summed E-state index contributed by atoms with van der Waals surface area (Å²) in [5.74, 6) is 3.33. The molecule has 0 aliphatic heterocycles. The maximum atomic E-state index is 2.41. The Kier molecular flexibility index (Phi) is 8.83. The summed E-state index contributed by atoms with van der Waals surface area (Å²) in [4.78, 5) is 0. The van der Waals surface area contributed by atoms with Crippen molar-refractivity contribution in [2.45, 2.75) is 116 Å². The van der Waals surface area contributed by atoms with Gasteiger partial charge in [-0.05, 0) is 30.6 Å². The second-order valence-electron chi connectivity index (χ2n) is 8.25. The Balaban J connectivity index is 0.000000155. The van der Waals surface area contributed by atoms with Gasteiger partial charge in [-0.2, -0.15) is 0 Å². The molecular weight excluding hydrogens is 252 g/mol. The van der Waals surface area contributed by atoms with Crippen molar-refractivity contribution in [2.24, 2.45) is 17.8 Å². The number of rotatable bonds is 1. The van der Waals surface area contributed by atoms with Crippen molar-refractivity contribution in [2.75, 3.05) is 0 Å². The van der Waals surface area contributed by atoms with Crippen molar-refractivity contribution in [3.05, 3.63) is 0 Å². The van der Waals surface area contributed by atoms with Gasteiger partial charge >= 0.3 is 0 Å². The van der Waals surface area contributed by atoms with Gasteiger partial charge in [0.15, 0.2) is 0 Å². The molecule has 3 fully saturated rings. The second-order valence-corrected chi connectivity index (χ2v) is 8.25. The van der Waals surface area contributed by atoms with Crippen molar-refractivity contribution in [1.82, 2.24) is 0 Å². The minimum atomic E-state index is 1.03. The summed E-state index contributed by atoms with van der Waals surface area (Å²) in [7, 11) is 0. The molecule has 0 aromatic carbocycles. The van der Waals surface area contributed by atoms with Crippen LogP contribution in [0.1, 0.15) is 116 Å². The lowest BCUT2D eigenvalue weighted by atomic mass is 9.68. The van der Waals surface area contributed by atoms with E-state index < -0.39 is 0 Å². The van der Waals surface area contributed by atoms with Gasteiger partial charge in [-0.25, -0.2) is 0 Å². The van der Waals surface area contributed by atoms with E-state index >= 15 is 0 Å². The lowest BCUT2D eigenvalue weighted by Crippen LogP contribution is -2.25. The maximum Gasteiger partial charge on any atom is -0.0386 e. The van der Waals surface area contributed by atoms with E-state index in [9.17, 15) is 0 Å². The second kappa shape index (κ2) is 10.7. The maximum absolute atomic E-state index is 2.41. The van der Waals surface area contributed by atoms with Crippen LogP contribution in [0.3, 0.4) is 0 Å². The molecule has 0 saturated heterocycles. The summed E-state index contributed by atoms with van der Waals surface area (Å²) in [6.45, 7) is 2.41. The van der Waals surface area contributed by atoms with Crippen molar-refractivity contribution in [3.63, 3.8) is 0 Å². The highest BCUT2D eigenvalue weighted by Gasteiger charge is 2.29. The highest BCUT2D eigenvalue weighted by Crippen LogP contribution is 2.42. The standard InChI is InChI=1S/C11H20.C10H20/c1-9-5-7-11(8-6-9)10-3-2-4-10;1-2-4-6-8-10-9-7-5-3-1/h9-11H,2-8H2,1H3;1-10H2. The Morgan fingerprint density at radius 1 is 0.381 bits per heavy atom. The molecule has 0 amide bonds. The largest absolute Gasteiger partial charge is 0.0625 e. The summed E-state index contributed by atoms with van der Waals surface area (Å²) in [6.07, 6.45) is 25.8. The summed E-state index contributed by atoms with van der Waals surface area (Å²) < 4.78 is 0.